The van der Waals surface area contributed by atoms with Crippen LogP contribution in [-0.2, 0) is 0 Å². The van der Waals surface area contributed by atoms with E-state index in [1.807, 2.05) is 0 Å². The molecule has 108 valence electrons. The molecule has 0 aromatic carbocycles. The van der Waals surface area contributed by atoms with Crippen molar-refractivity contribution in [3.8, 4) is 0 Å². The van der Waals surface area contributed by atoms with Crippen molar-refractivity contribution in [3.05, 3.63) is 0 Å². The Kier molecular flexibility index (Phi) is 6.65. The number of rotatable bonds is 6. The molecule has 0 aliphatic heterocycles. The summed E-state index contributed by atoms with van der Waals surface area (Å²) in [6.07, 6.45) is 8.57. The minimum atomic E-state index is 0.257. The highest BCUT2D eigenvalue weighted by Gasteiger charge is 2.37. The molecule has 1 saturated carbocycles. The summed E-state index contributed by atoms with van der Waals surface area (Å²) in [5.41, 5.74) is 0.257. The third-order valence-electron chi connectivity index (χ3n) is 5.02. The highest BCUT2D eigenvalue weighted by Crippen LogP contribution is 2.32. The zero-order valence-corrected chi connectivity index (χ0v) is 13.3. The maximum absolute atomic E-state index is 3.65. The molecule has 0 bridgehead atoms. The van der Waals surface area contributed by atoms with Crippen LogP contribution in [0.15, 0.2) is 0 Å². The van der Waals surface area contributed by atoms with E-state index in [2.05, 4.69) is 45.0 Å². The standard InChI is InChI=1S/C16H34N2/c1-6-18(7-2)16(3,4)15(17-5)14-12-10-8-9-11-13-14/h14-15,17H,6-13H2,1-5H3. The molecule has 0 radical (unpaired) electrons. The normalized spacial score (nSPS) is 21.0. The van der Waals surface area contributed by atoms with Crippen LogP contribution < -0.4 is 5.32 Å². The number of nitrogens with zero attached hydrogens (tertiary/aromatic N) is 1. The number of hydrogen-bond acceptors (Lipinski definition) is 2. The Morgan fingerprint density at radius 2 is 1.56 bits per heavy atom. The molecule has 18 heavy (non-hydrogen) atoms. The van der Waals surface area contributed by atoms with Gasteiger partial charge in [-0.25, -0.2) is 0 Å². The van der Waals surface area contributed by atoms with Gasteiger partial charge in [-0.15, -0.1) is 0 Å². The molecule has 0 heterocycles. The fourth-order valence-electron chi connectivity index (χ4n) is 4.05. The van der Waals surface area contributed by atoms with Gasteiger partial charge >= 0.3 is 0 Å². The topological polar surface area (TPSA) is 15.3 Å². The van der Waals surface area contributed by atoms with Gasteiger partial charge < -0.3 is 5.32 Å². The molecule has 1 rings (SSSR count). The van der Waals surface area contributed by atoms with Crippen molar-refractivity contribution in [1.29, 1.82) is 0 Å². The van der Waals surface area contributed by atoms with Crippen LogP contribution >= 0.6 is 0 Å². The molecule has 0 spiro atoms. The van der Waals surface area contributed by atoms with Crippen LogP contribution in [0.2, 0.25) is 0 Å². The van der Waals surface area contributed by atoms with Crippen LogP contribution in [0.5, 0.6) is 0 Å². The second-order valence-corrected chi connectivity index (χ2v) is 6.34. The fourth-order valence-corrected chi connectivity index (χ4v) is 4.05. The first-order valence-electron chi connectivity index (χ1n) is 8.00. The first kappa shape index (κ1) is 16.0. The maximum atomic E-state index is 3.65. The van der Waals surface area contributed by atoms with Gasteiger partial charge in [-0.05, 0) is 52.7 Å². The molecule has 0 aromatic rings. The molecule has 0 amide bonds. The minimum absolute atomic E-state index is 0.257. The van der Waals surface area contributed by atoms with Crippen molar-refractivity contribution in [3.63, 3.8) is 0 Å². The van der Waals surface area contributed by atoms with Crippen LogP contribution in [0.3, 0.4) is 0 Å². The smallest absolute Gasteiger partial charge is 0.0308 e. The first-order chi connectivity index (χ1) is 8.57. The predicted octanol–water partition coefficient (Wildman–Crippen LogP) is 3.67. The molecule has 1 aliphatic rings. The van der Waals surface area contributed by atoms with Gasteiger partial charge in [0, 0.05) is 11.6 Å². The van der Waals surface area contributed by atoms with Crippen LogP contribution in [-0.4, -0.2) is 36.6 Å². The highest BCUT2D eigenvalue weighted by atomic mass is 15.2. The molecule has 0 aromatic heterocycles. The van der Waals surface area contributed by atoms with Crippen molar-refractivity contribution >= 4 is 0 Å². The summed E-state index contributed by atoms with van der Waals surface area (Å²) in [4.78, 5) is 2.61. The lowest BCUT2D eigenvalue weighted by molar-refractivity contribution is 0.0641. The Labute approximate surface area is 115 Å². The first-order valence-corrected chi connectivity index (χ1v) is 8.00. The molecule has 1 atom stereocenters. The fraction of sp³-hybridized carbons (Fsp3) is 1.00. The van der Waals surface area contributed by atoms with Crippen LogP contribution in [0.25, 0.3) is 0 Å². The zero-order chi connectivity index (χ0) is 13.6. The van der Waals surface area contributed by atoms with E-state index in [1.54, 1.807) is 0 Å². The molecular weight excluding hydrogens is 220 g/mol. The lowest BCUT2D eigenvalue weighted by Gasteiger charge is -2.46. The van der Waals surface area contributed by atoms with Gasteiger partial charge in [0.1, 0.15) is 0 Å². The molecule has 1 unspecified atom stereocenters. The Morgan fingerprint density at radius 3 is 1.94 bits per heavy atom. The van der Waals surface area contributed by atoms with E-state index in [1.165, 1.54) is 38.5 Å². The summed E-state index contributed by atoms with van der Waals surface area (Å²) in [6, 6.07) is 0.621. The Balaban J connectivity index is 2.78. The number of likely N-dealkylation sites (N-methyl/N-ethyl adjacent to an activating group) is 2. The van der Waals surface area contributed by atoms with E-state index in [0.717, 1.165) is 19.0 Å². The van der Waals surface area contributed by atoms with Crippen molar-refractivity contribution < 1.29 is 0 Å². The van der Waals surface area contributed by atoms with Crippen molar-refractivity contribution in [2.45, 2.75) is 77.8 Å². The van der Waals surface area contributed by atoms with E-state index < -0.39 is 0 Å². The van der Waals surface area contributed by atoms with Gasteiger partial charge in [0.05, 0.1) is 0 Å². The van der Waals surface area contributed by atoms with Crippen LogP contribution in [0.4, 0.5) is 0 Å². The lowest BCUT2D eigenvalue weighted by Crippen LogP contribution is -2.59. The van der Waals surface area contributed by atoms with E-state index in [0.29, 0.717) is 6.04 Å². The van der Waals surface area contributed by atoms with E-state index >= 15 is 0 Å². The molecule has 2 nitrogen and oxygen atoms in total. The SMILES string of the molecule is CCN(CC)C(C)(C)C(NC)C1CCCCCC1. The van der Waals surface area contributed by atoms with Gasteiger partial charge in [-0.3, -0.25) is 4.90 Å². The third-order valence-corrected chi connectivity index (χ3v) is 5.02. The van der Waals surface area contributed by atoms with Gasteiger partial charge in [-0.2, -0.15) is 0 Å². The largest absolute Gasteiger partial charge is 0.315 e. The summed E-state index contributed by atoms with van der Waals surface area (Å²) in [6.45, 7) is 11.7. The summed E-state index contributed by atoms with van der Waals surface area (Å²) in [7, 11) is 2.15. The molecule has 2 heteroatoms. The van der Waals surface area contributed by atoms with Crippen LogP contribution in [0, 0.1) is 5.92 Å². The average molecular weight is 254 g/mol. The summed E-state index contributed by atoms with van der Waals surface area (Å²) >= 11 is 0. The molecule has 1 fully saturated rings. The van der Waals surface area contributed by atoms with Crippen molar-refractivity contribution in [2.24, 2.45) is 5.92 Å². The van der Waals surface area contributed by atoms with E-state index in [9.17, 15) is 0 Å². The van der Waals surface area contributed by atoms with Gasteiger partial charge in [0.15, 0.2) is 0 Å². The van der Waals surface area contributed by atoms with Gasteiger partial charge in [0.25, 0.3) is 0 Å². The second-order valence-electron chi connectivity index (χ2n) is 6.34. The monoisotopic (exact) mass is 254 g/mol. The van der Waals surface area contributed by atoms with E-state index in [-0.39, 0.29) is 5.54 Å². The van der Waals surface area contributed by atoms with E-state index in [4.69, 9.17) is 0 Å². The molecular formula is C16H34N2. The Morgan fingerprint density at radius 1 is 1.06 bits per heavy atom. The van der Waals surface area contributed by atoms with Crippen molar-refractivity contribution in [1.82, 2.24) is 10.2 Å². The number of nitrogens with one attached hydrogen (secondary N) is 1. The Bertz CT molecular complexity index is 213. The summed E-state index contributed by atoms with van der Waals surface area (Å²) < 4.78 is 0. The predicted molar refractivity (Wildman–Crippen MR) is 81.0 cm³/mol. The van der Waals surface area contributed by atoms with Crippen LogP contribution in [0.1, 0.15) is 66.2 Å². The summed E-state index contributed by atoms with van der Waals surface area (Å²) in [5.74, 6) is 0.855. The lowest BCUT2D eigenvalue weighted by atomic mass is 9.79. The number of hydrogen-bond donors (Lipinski definition) is 1. The summed E-state index contributed by atoms with van der Waals surface area (Å²) in [5, 5.41) is 3.65. The maximum Gasteiger partial charge on any atom is 0.0308 e. The van der Waals surface area contributed by atoms with Gasteiger partial charge in [-0.1, -0.05) is 39.5 Å². The minimum Gasteiger partial charge on any atom is -0.315 e. The molecule has 1 aliphatic carbocycles. The van der Waals surface area contributed by atoms with Gasteiger partial charge in [0.2, 0.25) is 0 Å². The molecule has 1 N–H and O–H groups in total. The zero-order valence-electron chi connectivity index (χ0n) is 13.3. The quantitative estimate of drug-likeness (QED) is 0.728. The Hall–Kier alpha value is -0.0800. The third kappa shape index (κ3) is 3.71. The highest BCUT2D eigenvalue weighted by molar-refractivity contribution is 4.96. The van der Waals surface area contributed by atoms with Crippen molar-refractivity contribution in [2.75, 3.05) is 20.1 Å². The second kappa shape index (κ2) is 7.49. The average Bonchev–Trinajstić information content (AvgIpc) is 2.60. The molecule has 0 saturated heterocycles.